The molecule has 0 saturated heterocycles. The molecule has 174 valence electrons. The number of amides is 2. The van der Waals surface area contributed by atoms with Gasteiger partial charge in [0.1, 0.15) is 17.6 Å². The molecule has 6 heteroatoms. The molecular formula is C28H27FN2O3. The first-order valence-electron chi connectivity index (χ1n) is 11.3. The van der Waals surface area contributed by atoms with Crippen LogP contribution in [0.3, 0.4) is 0 Å². The van der Waals surface area contributed by atoms with E-state index in [0.717, 1.165) is 22.4 Å². The van der Waals surface area contributed by atoms with Crippen molar-refractivity contribution in [1.82, 2.24) is 5.32 Å². The fourth-order valence-corrected chi connectivity index (χ4v) is 4.51. The molecule has 3 aromatic rings. The van der Waals surface area contributed by atoms with E-state index in [-0.39, 0.29) is 36.3 Å². The quantitative estimate of drug-likeness (QED) is 0.579. The summed E-state index contributed by atoms with van der Waals surface area (Å²) in [6.07, 6.45) is 0.0550. The molecule has 0 bridgehead atoms. The molecule has 1 N–H and O–H groups in total. The first kappa shape index (κ1) is 23.4. The van der Waals surface area contributed by atoms with Gasteiger partial charge in [0.25, 0.3) is 5.91 Å². The molecule has 1 heterocycles. The zero-order valence-electron chi connectivity index (χ0n) is 19.5. The number of likely N-dealkylation sites (N-methyl/N-ethyl adjacent to an activating group) is 1. The Hall–Kier alpha value is -3.80. The van der Waals surface area contributed by atoms with E-state index >= 15 is 0 Å². The Bertz CT molecular complexity index is 1250. The van der Waals surface area contributed by atoms with Crippen LogP contribution in [0.2, 0.25) is 0 Å². The van der Waals surface area contributed by atoms with Gasteiger partial charge >= 0.3 is 0 Å². The number of carbonyl (C=O) groups is 3. The third kappa shape index (κ3) is 4.76. The maximum atomic E-state index is 13.6. The molecule has 0 fully saturated rings. The molecule has 0 aliphatic carbocycles. The van der Waals surface area contributed by atoms with E-state index in [0.29, 0.717) is 11.1 Å². The second kappa shape index (κ2) is 9.59. The van der Waals surface area contributed by atoms with Gasteiger partial charge in [0.05, 0.1) is 5.69 Å². The summed E-state index contributed by atoms with van der Waals surface area (Å²) in [5.41, 5.74) is 4.61. The lowest BCUT2D eigenvalue weighted by Gasteiger charge is -2.24. The number of Topliss-reactive ketones (excluding diaryl/α,β-unsaturated/α-hetero) is 1. The van der Waals surface area contributed by atoms with Crippen LogP contribution in [0.25, 0.3) is 11.1 Å². The van der Waals surface area contributed by atoms with Crippen LogP contribution in [0.1, 0.15) is 36.1 Å². The minimum atomic E-state index is -0.871. The Kier molecular flexibility index (Phi) is 6.59. The summed E-state index contributed by atoms with van der Waals surface area (Å²) >= 11 is 0. The smallest absolute Gasteiger partial charge is 0.253 e. The van der Waals surface area contributed by atoms with Gasteiger partial charge in [-0.05, 0) is 47.4 Å². The van der Waals surface area contributed by atoms with Gasteiger partial charge in [-0.2, -0.15) is 0 Å². The maximum absolute atomic E-state index is 13.6. The number of anilines is 1. The van der Waals surface area contributed by atoms with E-state index in [1.807, 2.05) is 48.5 Å². The van der Waals surface area contributed by atoms with Gasteiger partial charge in [-0.15, -0.1) is 0 Å². The Morgan fingerprint density at radius 3 is 2.44 bits per heavy atom. The zero-order valence-corrected chi connectivity index (χ0v) is 19.5. The van der Waals surface area contributed by atoms with Crippen molar-refractivity contribution in [3.63, 3.8) is 0 Å². The highest BCUT2D eigenvalue weighted by molar-refractivity contribution is 6.06. The second-order valence-electron chi connectivity index (χ2n) is 8.90. The molecule has 0 unspecified atom stereocenters. The van der Waals surface area contributed by atoms with Gasteiger partial charge in [-0.1, -0.05) is 55.5 Å². The normalized spacial score (nSPS) is 15.7. The number of hydrogen-bond acceptors (Lipinski definition) is 3. The number of benzene rings is 3. The number of rotatable bonds is 6. The van der Waals surface area contributed by atoms with Gasteiger partial charge in [-0.25, -0.2) is 4.39 Å². The van der Waals surface area contributed by atoms with Crippen molar-refractivity contribution in [2.45, 2.75) is 32.7 Å². The summed E-state index contributed by atoms with van der Waals surface area (Å²) in [6, 6.07) is 18.8. The summed E-state index contributed by atoms with van der Waals surface area (Å²) < 4.78 is 13.6. The van der Waals surface area contributed by atoms with Crippen molar-refractivity contribution < 1.29 is 18.8 Å². The van der Waals surface area contributed by atoms with E-state index in [4.69, 9.17) is 0 Å². The molecule has 1 aliphatic heterocycles. The maximum Gasteiger partial charge on any atom is 0.253 e. The molecule has 34 heavy (non-hydrogen) atoms. The van der Waals surface area contributed by atoms with Crippen molar-refractivity contribution in [3.8, 4) is 11.1 Å². The number of para-hydroxylation sites is 1. The van der Waals surface area contributed by atoms with Crippen molar-refractivity contribution in [2.75, 3.05) is 11.9 Å². The van der Waals surface area contributed by atoms with Gasteiger partial charge in [0, 0.05) is 31.4 Å². The molecule has 4 rings (SSSR count). The van der Waals surface area contributed by atoms with E-state index in [1.54, 1.807) is 31.9 Å². The van der Waals surface area contributed by atoms with Crippen LogP contribution in [0, 0.1) is 18.7 Å². The molecule has 5 nitrogen and oxygen atoms in total. The third-order valence-corrected chi connectivity index (χ3v) is 6.18. The standard InChI is InChI=1S/C28H27FN2O3/c1-17-12-19(15-20(29)13-17)16-21(32)14-18(2)27(33)30-26-24-10-5-4-8-22(24)23-9-6-7-11-25(23)31(3)28(26)34/h4-13,15,18,26H,14,16H2,1-3H3,(H,30,33)/t18-,26+/m1/s1. The molecule has 0 radical (unpaired) electrons. The Labute approximate surface area is 198 Å². The highest BCUT2D eigenvalue weighted by atomic mass is 19.1. The first-order valence-corrected chi connectivity index (χ1v) is 11.3. The van der Waals surface area contributed by atoms with Gasteiger partial charge in [0.15, 0.2) is 0 Å². The molecule has 0 spiro atoms. The summed E-state index contributed by atoms with van der Waals surface area (Å²) in [5.74, 6) is -1.82. The second-order valence-corrected chi connectivity index (χ2v) is 8.90. The molecule has 2 atom stereocenters. The monoisotopic (exact) mass is 458 g/mol. The zero-order chi connectivity index (χ0) is 24.4. The number of nitrogens with zero attached hydrogens (tertiary/aromatic N) is 1. The average molecular weight is 459 g/mol. The third-order valence-electron chi connectivity index (χ3n) is 6.18. The van der Waals surface area contributed by atoms with Crippen molar-refractivity contribution in [2.24, 2.45) is 5.92 Å². The van der Waals surface area contributed by atoms with Crippen LogP contribution in [0.4, 0.5) is 10.1 Å². The number of hydrogen-bond donors (Lipinski definition) is 1. The van der Waals surface area contributed by atoms with E-state index in [1.165, 1.54) is 12.1 Å². The number of nitrogens with one attached hydrogen (secondary N) is 1. The number of aryl methyl sites for hydroxylation is 1. The average Bonchev–Trinajstić information content (AvgIpc) is 2.88. The predicted octanol–water partition coefficient (Wildman–Crippen LogP) is 4.77. The van der Waals surface area contributed by atoms with Crippen LogP contribution in [0.5, 0.6) is 0 Å². The van der Waals surface area contributed by atoms with Gasteiger partial charge < -0.3 is 10.2 Å². The van der Waals surface area contributed by atoms with Crippen LogP contribution in [-0.2, 0) is 20.8 Å². The van der Waals surface area contributed by atoms with Crippen molar-refractivity contribution in [1.29, 1.82) is 0 Å². The number of fused-ring (bicyclic) bond motifs is 3. The van der Waals surface area contributed by atoms with Crippen LogP contribution in [0.15, 0.2) is 66.7 Å². The van der Waals surface area contributed by atoms with Crippen LogP contribution >= 0.6 is 0 Å². The molecular weight excluding hydrogens is 431 g/mol. The molecule has 3 aromatic carbocycles. The SMILES string of the molecule is Cc1cc(F)cc(CC(=O)C[C@@H](C)C(=O)N[C@@H]2C(=O)N(C)c3ccccc3-c3ccccc32)c1. The largest absolute Gasteiger partial charge is 0.340 e. The van der Waals surface area contributed by atoms with E-state index in [2.05, 4.69) is 5.32 Å². The Morgan fingerprint density at radius 1 is 1.03 bits per heavy atom. The molecule has 1 aliphatic rings. The molecule has 0 saturated carbocycles. The van der Waals surface area contributed by atoms with E-state index < -0.39 is 12.0 Å². The predicted molar refractivity (Wildman–Crippen MR) is 130 cm³/mol. The lowest BCUT2D eigenvalue weighted by Crippen LogP contribution is -2.42. The lowest BCUT2D eigenvalue weighted by atomic mass is 9.94. The highest BCUT2D eigenvalue weighted by Crippen LogP contribution is 2.39. The van der Waals surface area contributed by atoms with Crippen molar-refractivity contribution in [3.05, 3.63) is 89.2 Å². The van der Waals surface area contributed by atoms with Crippen LogP contribution in [-0.4, -0.2) is 24.6 Å². The molecule has 2 amide bonds. The number of halogens is 1. The number of carbonyl (C=O) groups excluding carboxylic acids is 3. The Morgan fingerprint density at radius 2 is 1.71 bits per heavy atom. The van der Waals surface area contributed by atoms with Gasteiger partial charge in [0.2, 0.25) is 5.91 Å². The fourth-order valence-electron chi connectivity index (χ4n) is 4.51. The number of ketones is 1. The minimum absolute atomic E-state index is 0.0000163. The Balaban J connectivity index is 1.52. The minimum Gasteiger partial charge on any atom is -0.340 e. The highest BCUT2D eigenvalue weighted by Gasteiger charge is 2.34. The summed E-state index contributed by atoms with van der Waals surface area (Å²) in [5, 5.41) is 2.87. The van der Waals surface area contributed by atoms with Gasteiger partial charge in [-0.3, -0.25) is 14.4 Å². The molecule has 0 aromatic heterocycles. The fraction of sp³-hybridized carbons (Fsp3) is 0.250. The lowest BCUT2D eigenvalue weighted by molar-refractivity contribution is -0.131. The summed E-state index contributed by atoms with van der Waals surface area (Å²) in [7, 11) is 1.69. The van der Waals surface area contributed by atoms with E-state index in [9.17, 15) is 18.8 Å². The van der Waals surface area contributed by atoms with Crippen molar-refractivity contribution >= 4 is 23.3 Å². The first-order chi connectivity index (χ1) is 16.2. The summed E-state index contributed by atoms with van der Waals surface area (Å²) in [4.78, 5) is 40.6. The summed E-state index contributed by atoms with van der Waals surface area (Å²) in [6.45, 7) is 3.43. The van der Waals surface area contributed by atoms with Crippen LogP contribution < -0.4 is 10.2 Å². The topological polar surface area (TPSA) is 66.5 Å².